The van der Waals surface area contributed by atoms with Crippen LogP contribution in [0.15, 0.2) is 12.2 Å². The first-order valence-corrected chi connectivity index (χ1v) is 3.63. The molecule has 0 aromatic rings. The molecule has 0 spiro atoms. The number of carbonyl (C=O) groups is 2. The predicted molar refractivity (Wildman–Crippen MR) is 44.2 cm³/mol. The van der Waals surface area contributed by atoms with Gasteiger partial charge in [0.1, 0.15) is 6.61 Å². The van der Waals surface area contributed by atoms with Gasteiger partial charge in [0.15, 0.2) is 0 Å². The minimum atomic E-state index is -1.19. The standard InChI is InChI=1S/C8H12O5/c1-6(8(10)11)5-7(9)13-4-3-12-2/h1,3-5H2,2H3,(H,10,11). The molecule has 0 bridgehead atoms. The van der Waals surface area contributed by atoms with E-state index in [9.17, 15) is 9.59 Å². The first-order valence-electron chi connectivity index (χ1n) is 3.63. The predicted octanol–water partition coefficient (Wildman–Crippen LogP) is 0.207. The fraction of sp³-hybridized carbons (Fsp3) is 0.500. The van der Waals surface area contributed by atoms with Crippen LogP contribution in [0.1, 0.15) is 6.42 Å². The lowest BCUT2D eigenvalue weighted by Gasteiger charge is -2.03. The third kappa shape index (κ3) is 5.86. The summed E-state index contributed by atoms with van der Waals surface area (Å²) in [5.41, 5.74) is -0.178. The summed E-state index contributed by atoms with van der Waals surface area (Å²) in [5.74, 6) is -1.80. The molecule has 5 heteroatoms. The summed E-state index contributed by atoms with van der Waals surface area (Å²) in [5, 5.41) is 8.37. The molecule has 0 rings (SSSR count). The maximum absolute atomic E-state index is 10.8. The van der Waals surface area contributed by atoms with Crippen LogP contribution in [0, 0.1) is 0 Å². The first-order chi connectivity index (χ1) is 6.07. The van der Waals surface area contributed by atoms with Crippen molar-refractivity contribution in [2.24, 2.45) is 0 Å². The zero-order chi connectivity index (χ0) is 10.3. The zero-order valence-corrected chi connectivity index (χ0v) is 7.41. The maximum atomic E-state index is 10.8. The van der Waals surface area contributed by atoms with Crippen LogP contribution in [-0.4, -0.2) is 37.4 Å². The van der Waals surface area contributed by atoms with Crippen LogP contribution in [0.4, 0.5) is 0 Å². The van der Waals surface area contributed by atoms with Crippen molar-refractivity contribution in [3.63, 3.8) is 0 Å². The van der Waals surface area contributed by atoms with E-state index in [-0.39, 0.29) is 18.6 Å². The van der Waals surface area contributed by atoms with Crippen LogP contribution in [-0.2, 0) is 19.1 Å². The number of aliphatic carboxylic acids is 1. The second kappa shape index (κ2) is 6.19. The average molecular weight is 188 g/mol. The molecule has 0 saturated heterocycles. The Morgan fingerprint density at radius 3 is 2.46 bits per heavy atom. The summed E-state index contributed by atoms with van der Waals surface area (Å²) in [6.07, 6.45) is -0.293. The molecule has 0 amide bonds. The number of methoxy groups -OCH3 is 1. The molecule has 74 valence electrons. The number of hydrogen-bond donors (Lipinski definition) is 1. The van der Waals surface area contributed by atoms with Crippen molar-refractivity contribution in [1.29, 1.82) is 0 Å². The van der Waals surface area contributed by atoms with Crippen molar-refractivity contribution >= 4 is 11.9 Å². The SMILES string of the molecule is C=C(CC(=O)OCCOC)C(=O)O. The molecule has 0 radical (unpaired) electrons. The third-order valence-corrected chi connectivity index (χ3v) is 1.21. The second-order valence-corrected chi connectivity index (χ2v) is 2.30. The smallest absolute Gasteiger partial charge is 0.331 e. The normalized spacial score (nSPS) is 9.31. The Kier molecular flexibility index (Phi) is 5.54. The van der Waals surface area contributed by atoms with E-state index in [1.165, 1.54) is 7.11 Å². The summed E-state index contributed by atoms with van der Waals surface area (Å²) < 4.78 is 9.24. The van der Waals surface area contributed by atoms with Crippen LogP contribution < -0.4 is 0 Å². The molecule has 0 fully saturated rings. The van der Waals surface area contributed by atoms with Gasteiger partial charge in [-0.15, -0.1) is 0 Å². The van der Waals surface area contributed by atoms with Crippen LogP contribution in [0.2, 0.25) is 0 Å². The van der Waals surface area contributed by atoms with E-state index < -0.39 is 11.9 Å². The molecule has 0 saturated carbocycles. The minimum Gasteiger partial charge on any atom is -0.478 e. The Morgan fingerprint density at radius 1 is 1.38 bits per heavy atom. The monoisotopic (exact) mass is 188 g/mol. The van der Waals surface area contributed by atoms with E-state index in [4.69, 9.17) is 5.11 Å². The van der Waals surface area contributed by atoms with E-state index in [0.29, 0.717) is 6.61 Å². The summed E-state index contributed by atoms with van der Waals surface area (Å²) in [6.45, 7) is 3.61. The van der Waals surface area contributed by atoms with Crippen LogP contribution in [0.3, 0.4) is 0 Å². The molecule has 0 atom stereocenters. The molecule has 13 heavy (non-hydrogen) atoms. The van der Waals surface area contributed by atoms with Gasteiger partial charge in [-0.3, -0.25) is 4.79 Å². The molecule has 0 heterocycles. The number of ether oxygens (including phenoxy) is 2. The molecule has 0 unspecified atom stereocenters. The van der Waals surface area contributed by atoms with Gasteiger partial charge in [-0.25, -0.2) is 4.79 Å². The lowest BCUT2D eigenvalue weighted by molar-refractivity contribution is -0.145. The van der Waals surface area contributed by atoms with Gasteiger partial charge < -0.3 is 14.6 Å². The number of esters is 1. The maximum Gasteiger partial charge on any atom is 0.331 e. The number of hydrogen-bond acceptors (Lipinski definition) is 4. The van der Waals surface area contributed by atoms with Crippen LogP contribution in [0.25, 0.3) is 0 Å². The van der Waals surface area contributed by atoms with Crippen molar-refractivity contribution in [1.82, 2.24) is 0 Å². The lowest BCUT2D eigenvalue weighted by atomic mass is 10.2. The van der Waals surface area contributed by atoms with E-state index in [1.807, 2.05) is 0 Å². The Balaban J connectivity index is 3.62. The van der Waals surface area contributed by atoms with Crippen LogP contribution in [0.5, 0.6) is 0 Å². The number of carboxylic acids is 1. The highest BCUT2D eigenvalue weighted by Gasteiger charge is 2.10. The molecule has 1 N–H and O–H groups in total. The first kappa shape index (κ1) is 11.6. The number of carboxylic acid groups (broad SMARTS) is 1. The van der Waals surface area contributed by atoms with Crippen molar-refractivity contribution < 1.29 is 24.2 Å². The minimum absolute atomic E-state index is 0.127. The largest absolute Gasteiger partial charge is 0.478 e. The Labute approximate surface area is 75.9 Å². The van der Waals surface area contributed by atoms with Gasteiger partial charge in [-0.1, -0.05) is 6.58 Å². The molecule has 0 aromatic heterocycles. The van der Waals surface area contributed by atoms with Crippen molar-refractivity contribution in [3.05, 3.63) is 12.2 Å². The molecule has 0 aliphatic rings. The Hall–Kier alpha value is -1.36. The van der Waals surface area contributed by atoms with E-state index >= 15 is 0 Å². The van der Waals surface area contributed by atoms with Gasteiger partial charge in [0.25, 0.3) is 0 Å². The third-order valence-electron chi connectivity index (χ3n) is 1.21. The Morgan fingerprint density at radius 2 is 2.00 bits per heavy atom. The topological polar surface area (TPSA) is 72.8 Å². The second-order valence-electron chi connectivity index (χ2n) is 2.30. The van der Waals surface area contributed by atoms with Gasteiger partial charge in [0.05, 0.1) is 13.0 Å². The highest BCUT2D eigenvalue weighted by Crippen LogP contribution is 1.99. The molecule has 0 aliphatic heterocycles. The fourth-order valence-corrected chi connectivity index (χ4v) is 0.540. The summed E-state index contributed by atoms with van der Waals surface area (Å²) in [4.78, 5) is 21.1. The van der Waals surface area contributed by atoms with Gasteiger partial charge >= 0.3 is 11.9 Å². The number of carbonyl (C=O) groups excluding carboxylic acids is 1. The molecule has 0 aliphatic carbocycles. The summed E-state index contributed by atoms with van der Waals surface area (Å²) in [7, 11) is 1.48. The zero-order valence-electron chi connectivity index (χ0n) is 7.41. The van der Waals surface area contributed by atoms with Gasteiger partial charge in [0.2, 0.25) is 0 Å². The fourth-order valence-electron chi connectivity index (χ4n) is 0.540. The number of rotatable bonds is 6. The highest BCUT2D eigenvalue weighted by molar-refractivity contribution is 5.91. The average Bonchev–Trinajstić information content (AvgIpc) is 2.04. The van der Waals surface area contributed by atoms with Crippen molar-refractivity contribution in [2.45, 2.75) is 6.42 Å². The van der Waals surface area contributed by atoms with Crippen molar-refractivity contribution in [3.8, 4) is 0 Å². The van der Waals surface area contributed by atoms with Gasteiger partial charge in [-0.2, -0.15) is 0 Å². The molecule has 5 nitrogen and oxygen atoms in total. The van der Waals surface area contributed by atoms with E-state index in [2.05, 4.69) is 16.1 Å². The van der Waals surface area contributed by atoms with Gasteiger partial charge in [0, 0.05) is 12.7 Å². The van der Waals surface area contributed by atoms with E-state index in [1.54, 1.807) is 0 Å². The van der Waals surface area contributed by atoms with Crippen molar-refractivity contribution in [2.75, 3.05) is 20.3 Å². The molecular formula is C8H12O5. The quantitative estimate of drug-likeness (QED) is 0.366. The Bertz CT molecular complexity index is 209. The highest BCUT2D eigenvalue weighted by atomic mass is 16.6. The molecular weight excluding hydrogens is 176 g/mol. The molecule has 0 aromatic carbocycles. The van der Waals surface area contributed by atoms with Gasteiger partial charge in [-0.05, 0) is 0 Å². The lowest BCUT2D eigenvalue weighted by Crippen LogP contribution is -2.12. The summed E-state index contributed by atoms with van der Waals surface area (Å²) >= 11 is 0. The van der Waals surface area contributed by atoms with Crippen LogP contribution >= 0.6 is 0 Å². The van der Waals surface area contributed by atoms with E-state index in [0.717, 1.165) is 0 Å². The summed E-state index contributed by atoms with van der Waals surface area (Å²) in [6, 6.07) is 0.